The summed E-state index contributed by atoms with van der Waals surface area (Å²) in [4.78, 5) is 0. The van der Waals surface area contributed by atoms with Gasteiger partial charge in [0.25, 0.3) is 0 Å². The SMILES string of the molecule is COC.COc1ccc(O)cc1. The maximum absolute atomic E-state index is 8.80. The molecule has 0 unspecified atom stereocenters. The van der Waals surface area contributed by atoms with Crippen LogP contribution in [0.15, 0.2) is 24.3 Å². The molecule has 0 saturated heterocycles. The van der Waals surface area contributed by atoms with Crippen LogP contribution in [0.3, 0.4) is 0 Å². The summed E-state index contributed by atoms with van der Waals surface area (Å²) in [6.45, 7) is 0. The summed E-state index contributed by atoms with van der Waals surface area (Å²) >= 11 is 0. The van der Waals surface area contributed by atoms with Crippen LogP contribution in [0.5, 0.6) is 11.5 Å². The van der Waals surface area contributed by atoms with Gasteiger partial charge in [-0.1, -0.05) is 0 Å². The van der Waals surface area contributed by atoms with Gasteiger partial charge in [-0.2, -0.15) is 0 Å². The van der Waals surface area contributed by atoms with Gasteiger partial charge in [0.05, 0.1) is 7.11 Å². The average molecular weight is 170 g/mol. The predicted molar refractivity (Wildman–Crippen MR) is 47.6 cm³/mol. The zero-order valence-corrected chi connectivity index (χ0v) is 7.57. The minimum Gasteiger partial charge on any atom is -0.508 e. The molecule has 0 aliphatic heterocycles. The Morgan fingerprint density at radius 1 is 1.00 bits per heavy atom. The van der Waals surface area contributed by atoms with Crippen LogP contribution in [-0.2, 0) is 4.74 Å². The molecule has 68 valence electrons. The van der Waals surface area contributed by atoms with E-state index in [-0.39, 0.29) is 5.75 Å². The number of ether oxygens (including phenoxy) is 2. The molecule has 0 spiro atoms. The Kier molecular flexibility index (Phi) is 5.83. The van der Waals surface area contributed by atoms with Crippen LogP contribution in [0, 0.1) is 0 Å². The number of aromatic hydroxyl groups is 1. The van der Waals surface area contributed by atoms with Gasteiger partial charge in [0, 0.05) is 14.2 Å². The van der Waals surface area contributed by atoms with Gasteiger partial charge in [0.2, 0.25) is 0 Å². The number of benzene rings is 1. The molecule has 0 amide bonds. The van der Waals surface area contributed by atoms with E-state index in [1.807, 2.05) is 0 Å². The largest absolute Gasteiger partial charge is 0.508 e. The highest BCUT2D eigenvalue weighted by molar-refractivity contribution is 5.29. The van der Waals surface area contributed by atoms with Crippen molar-refractivity contribution in [1.29, 1.82) is 0 Å². The van der Waals surface area contributed by atoms with Crippen molar-refractivity contribution in [2.45, 2.75) is 0 Å². The molecule has 1 rings (SSSR count). The number of hydrogen-bond acceptors (Lipinski definition) is 3. The van der Waals surface area contributed by atoms with Crippen LogP contribution in [0.2, 0.25) is 0 Å². The first kappa shape index (κ1) is 10.8. The molecule has 0 radical (unpaired) electrons. The number of rotatable bonds is 1. The fourth-order valence-electron chi connectivity index (χ4n) is 0.582. The van der Waals surface area contributed by atoms with Gasteiger partial charge in [0.15, 0.2) is 0 Å². The summed E-state index contributed by atoms with van der Waals surface area (Å²) in [5, 5.41) is 8.80. The molecule has 0 saturated carbocycles. The third-order valence-electron chi connectivity index (χ3n) is 1.07. The molecule has 3 nitrogen and oxygen atoms in total. The second-order valence-corrected chi connectivity index (χ2v) is 2.11. The standard InChI is InChI=1S/C7H8O2.C2H6O/c1-9-7-4-2-6(8)3-5-7;1-3-2/h2-5,8H,1H3;1-2H3. The summed E-state index contributed by atoms with van der Waals surface area (Å²) in [7, 11) is 4.84. The van der Waals surface area contributed by atoms with Crippen molar-refractivity contribution in [3.8, 4) is 11.5 Å². The Morgan fingerprint density at radius 3 is 1.75 bits per heavy atom. The second-order valence-electron chi connectivity index (χ2n) is 2.11. The van der Waals surface area contributed by atoms with Crippen molar-refractivity contribution in [1.82, 2.24) is 0 Å². The van der Waals surface area contributed by atoms with Crippen LogP contribution in [-0.4, -0.2) is 26.4 Å². The Labute approximate surface area is 72.6 Å². The molecule has 0 bridgehead atoms. The summed E-state index contributed by atoms with van der Waals surface area (Å²) in [6.07, 6.45) is 0. The molecule has 0 heterocycles. The molecule has 3 heteroatoms. The Hall–Kier alpha value is -1.22. The third-order valence-corrected chi connectivity index (χ3v) is 1.07. The molecule has 0 fully saturated rings. The number of phenolic OH excluding ortho intramolecular Hbond substituents is 1. The van der Waals surface area contributed by atoms with Gasteiger partial charge < -0.3 is 14.6 Å². The van der Waals surface area contributed by atoms with Gasteiger partial charge in [-0.15, -0.1) is 0 Å². The highest BCUT2D eigenvalue weighted by atomic mass is 16.5. The van der Waals surface area contributed by atoms with E-state index in [2.05, 4.69) is 4.74 Å². The van der Waals surface area contributed by atoms with Crippen molar-refractivity contribution in [2.75, 3.05) is 21.3 Å². The van der Waals surface area contributed by atoms with E-state index in [9.17, 15) is 0 Å². The molecule has 1 aromatic rings. The normalized spacial score (nSPS) is 8.25. The van der Waals surface area contributed by atoms with Crippen LogP contribution < -0.4 is 4.74 Å². The number of phenols is 1. The van der Waals surface area contributed by atoms with Crippen molar-refractivity contribution in [3.05, 3.63) is 24.3 Å². The first-order chi connectivity index (χ1) is 5.74. The van der Waals surface area contributed by atoms with Crippen LogP contribution >= 0.6 is 0 Å². The second kappa shape index (κ2) is 6.49. The lowest BCUT2D eigenvalue weighted by molar-refractivity contribution is 0.277. The van der Waals surface area contributed by atoms with Gasteiger partial charge in [-0.3, -0.25) is 0 Å². The van der Waals surface area contributed by atoms with Crippen LogP contribution in [0.1, 0.15) is 0 Å². The van der Waals surface area contributed by atoms with Crippen LogP contribution in [0.25, 0.3) is 0 Å². The van der Waals surface area contributed by atoms with E-state index in [0.717, 1.165) is 5.75 Å². The zero-order valence-electron chi connectivity index (χ0n) is 7.57. The quantitative estimate of drug-likeness (QED) is 0.696. The van der Waals surface area contributed by atoms with E-state index < -0.39 is 0 Å². The fourth-order valence-corrected chi connectivity index (χ4v) is 0.582. The summed E-state index contributed by atoms with van der Waals surface area (Å²) < 4.78 is 9.11. The first-order valence-electron chi connectivity index (χ1n) is 3.47. The number of hydrogen-bond donors (Lipinski definition) is 1. The highest BCUT2D eigenvalue weighted by Gasteiger charge is 1.87. The summed E-state index contributed by atoms with van der Waals surface area (Å²) in [6, 6.07) is 6.57. The minimum absolute atomic E-state index is 0.260. The van der Waals surface area contributed by atoms with E-state index >= 15 is 0 Å². The van der Waals surface area contributed by atoms with Gasteiger partial charge in [-0.05, 0) is 24.3 Å². The van der Waals surface area contributed by atoms with E-state index in [4.69, 9.17) is 9.84 Å². The Balaban J connectivity index is 0.000000354. The molecule has 0 atom stereocenters. The third kappa shape index (κ3) is 4.57. The van der Waals surface area contributed by atoms with Crippen molar-refractivity contribution >= 4 is 0 Å². The maximum Gasteiger partial charge on any atom is 0.119 e. The lowest BCUT2D eigenvalue weighted by Crippen LogP contribution is -1.79. The van der Waals surface area contributed by atoms with E-state index in [1.165, 1.54) is 0 Å². The average Bonchev–Trinajstić information content (AvgIpc) is 2.07. The van der Waals surface area contributed by atoms with Crippen molar-refractivity contribution < 1.29 is 14.6 Å². The molecular weight excluding hydrogens is 156 g/mol. The highest BCUT2D eigenvalue weighted by Crippen LogP contribution is 2.14. The van der Waals surface area contributed by atoms with Gasteiger partial charge in [0.1, 0.15) is 11.5 Å². The fraction of sp³-hybridized carbons (Fsp3) is 0.333. The Bertz CT molecular complexity index is 193. The van der Waals surface area contributed by atoms with Gasteiger partial charge in [-0.25, -0.2) is 0 Å². The maximum atomic E-state index is 8.80. The molecule has 0 aromatic heterocycles. The number of methoxy groups -OCH3 is 2. The monoisotopic (exact) mass is 170 g/mol. The summed E-state index contributed by atoms with van der Waals surface area (Å²) in [5.41, 5.74) is 0. The molecule has 12 heavy (non-hydrogen) atoms. The smallest absolute Gasteiger partial charge is 0.119 e. The minimum atomic E-state index is 0.260. The van der Waals surface area contributed by atoms with Crippen molar-refractivity contribution in [2.24, 2.45) is 0 Å². The Morgan fingerprint density at radius 2 is 1.42 bits per heavy atom. The van der Waals surface area contributed by atoms with Crippen molar-refractivity contribution in [3.63, 3.8) is 0 Å². The topological polar surface area (TPSA) is 38.7 Å². The lowest BCUT2D eigenvalue weighted by Gasteiger charge is -1.96. The van der Waals surface area contributed by atoms with E-state index in [0.29, 0.717) is 0 Å². The molecule has 0 aliphatic rings. The zero-order chi connectivity index (χ0) is 9.40. The van der Waals surface area contributed by atoms with Gasteiger partial charge >= 0.3 is 0 Å². The molecule has 0 aliphatic carbocycles. The first-order valence-corrected chi connectivity index (χ1v) is 3.47. The molecule has 1 N–H and O–H groups in total. The predicted octanol–water partition coefficient (Wildman–Crippen LogP) is 1.66. The molecule has 1 aromatic carbocycles. The summed E-state index contributed by atoms with van der Waals surface area (Å²) in [5.74, 6) is 1.02. The van der Waals surface area contributed by atoms with Crippen LogP contribution in [0.4, 0.5) is 0 Å². The molecular formula is C9H14O3. The lowest BCUT2D eigenvalue weighted by atomic mass is 10.3. The van der Waals surface area contributed by atoms with E-state index in [1.54, 1.807) is 45.6 Å².